The molecule has 7 heteroatoms. The van der Waals surface area contributed by atoms with Crippen molar-refractivity contribution in [1.82, 2.24) is 14.7 Å². The first-order chi connectivity index (χ1) is 16.2. The Morgan fingerprint density at radius 3 is 2.68 bits per heavy atom. The monoisotopic (exact) mass is 461 g/mol. The summed E-state index contributed by atoms with van der Waals surface area (Å²) in [6, 6.07) is 13.9. The lowest BCUT2D eigenvalue weighted by Gasteiger charge is -2.21. The van der Waals surface area contributed by atoms with Gasteiger partial charge in [-0.2, -0.15) is 0 Å². The molecule has 4 aromatic rings. The van der Waals surface area contributed by atoms with Gasteiger partial charge in [0, 0.05) is 35.1 Å². The van der Waals surface area contributed by atoms with E-state index >= 15 is 0 Å². The van der Waals surface area contributed by atoms with Crippen molar-refractivity contribution in [2.45, 2.75) is 47.0 Å². The van der Waals surface area contributed by atoms with Crippen molar-refractivity contribution in [3.63, 3.8) is 0 Å². The number of benzene rings is 1. The van der Waals surface area contributed by atoms with Crippen molar-refractivity contribution >= 4 is 11.4 Å². The van der Waals surface area contributed by atoms with E-state index in [1.54, 1.807) is 6.07 Å². The van der Waals surface area contributed by atoms with E-state index in [0.717, 1.165) is 33.6 Å². The van der Waals surface area contributed by atoms with Crippen LogP contribution in [0.5, 0.6) is 0 Å². The number of hydrogen-bond acceptors (Lipinski definition) is 3. The maximum Gasteiger partial charge on any atom is 0.253 e. The molecule has 0 aliphatic rings. The van der Waals surface area contributed by atoms with E-state index in [9.17, 15) is 14.0 Å². The molecule has 0 aliphatic carbocycles. The van der Waals surface area contributed by atoms with Gasteiger partial charge >= 0.3 is 0 Å². The third kappa shape index (κ3) is 4.79. The number of nitrogens with one attached hydrogen (secondary N) is 2. The van der Waals surface area contributed by atoms with Crippen LogP contribution in [0.25, 0.3) is 5.52 Å². The minimum atomic E-state index is -0.354. The molecule has 0 saturated heterocycles. The number of amides is 1. The first-order valence-electron chi connectivity index (χ1n) is 11.2. The van der Waals surface area contributed by atoms with Crippen molar-refractivity contribution in [2.75, 3.05) is 0 Å². The maximum absolute atomic E-state index is 13.5. The predicted molar refractivity (Wildman–Crippen MR) is 129 cm³/mol. The van der Waals surface area contributed by atoms with Gasteiger partial charge in [-0.1, -0.05) is 12.1 Å². The highest BCUT2D eigenvalue weighted by Gasteiger charge is 2.20. The van der Waals surface area contributed by atoms with Gasteiger partial charge in [-0.25, -0.2) is 4.39 Å². The Bertz CT molecular complexity index is 1420. The van der Waals surface area contributed by atoms with Crippen molar-refractivity contribution in [1.29, 1.82) is 0 Å². The minimum absolute atomic E-state index is 0.132. The summed E-state index contributed by atoms with van der Waals surface area (Å²) in [6.45, 7) is 7.86. The summed E-state index contributed by atoms with van der Waals surface area (Å²) in [6.07, 6.45) is 1.57. The zero-order valence-corrected chi connectivity index (χ0v) is 19.7. The second kappa shape index (κ2) is 9.65. The van der Waals surface area contributed by atoms with Gasteiger partial charge < -0.3 is 19.4 Å². The number of nitrogens with zero attached hydrogens (tertiary/aromatic N) is 1. The lowest BCUT2D eigenvalue weighted by molar-refractivity contribution is 0.0484. The van der Waals surface area contributed by atoms with Crippen LogP contribution in [0.15, 0.2) is 59.5 Å². The van der Waals surface area contributed by atoms with Gasteiger partial charge in [0.2, 0.25) is 0 Å². The van der Waals surface area contributed by atoms with Crippen LogP contribution in [0.2, 0.25) is 0 Å². The third-order valence-corrected chi connectivity index (χ3v) is 6.06. The Morgan fingerprint density at radius 2 is 1.94 bits per heavy atom. The molecule has 1 unspecified atom stereocenters. The van der Waals surface area contributed by atoms with Crippen LogP contribution in [0.1, 0.15) is 57.0 Å². The van der Waals surface area contributed by atoms with Crippen LogP contribution in [0, 0.1) is 26.6 Å². The molecule has 0 fully saturated rings. The second-order valence-corrected chi connectivity index (χ2v) is 8.58. The van der Waals surface area contributed by atoms with Crippen molar-refractivity contribution in [3.05, 3.63) is 110 Å². The fraction of sp³-hybridized carbons (Fsp3) is 0.259. The SMILES string of the molecule is Cc1cc(C)c(CNC(=O)c2cc3cccn3c(C(C)OCc3cccc(F)c3)c2C)c(=O)[nH]1. The fourth-order valence-electron chi connectivity index (χ4n) is 4.33. The first-order valence-corrected chi connectivity index (χ1v) is 11.2. The summed E-state index contributed by atoms with van der Waals surface area (Å²) < 4.78 is 21.6. The topological polar surface area (TPSA) is 75.6 Å². The van der Waals surface area contributed by atoms with E-state index in [1.807, 2.05) is 68.6 Å². The molecule has 1 aromatic carbocycles. The summed E-state index contributed by atoms with van der Waals surface area (Å²) in [7, 11) is 0. The number of H-pyrrole nitrogens is 1. The van der Waals surface area contributed by atoms with Gasteiger partial charge in [0.25, 0.3) is 11.5 Å². The number of aromatic nitrogens is 2. The summed E-state index contributed by atoms with van der Waals surface area (Å²) in [5.74, 6) is -0.571. The number of carbonyl (C=O) groups excluding carboxylic acids is 1. The smallest absolute Gasteiger partial charge is 0.253 e. The highest BCUT2D eigenvalue weighted by atomic mass is 19.1. The molecule has 3 heterocycles. The van der Waals surface area contributed by atoms with E-state index in [0.29, 0.717) is 11.1 Å². The summed E-state index contributed by atoms with van der Waals surface area (Å²) in [4.78, 5) is 28.3. The third-order valence-electron chi connectivity index (χ3n) is 6.06. The number of halogens is 1. The van der Waals surface area contributed by atoms with E-state index in [4.69, 9.17) is 4.74 Å². The normalized spacial score (nSPS) is 12.1. The van der Waals surface area contributed by atoms with Crippen LogP contribution in [-0.4, -0.2) is 15.3 Å². The highest BCUT2D eigenvalue weighted by molar-refractivity contribution is 5.97. The van der Waals surface area contributed by atoms with Gasteiger partial charge in [-0.3, -0.25) is 9.59 Å². The molecule has 0 saturated carbocycles. The van der Waals surface area contributed by atoms with Crippen LogP contribution in [-0.2, 0) is 17.9 Å². The van der Waals surface area contributed by atoms with Crippen LogP contribution in [0.4, 0.5) is 4.39 Å². The largest absolute Gasteiger partial charge is 0.368 e. The number of pyridine rings is 2. The van der Waals surface area contributed by atoms with Crippen molar-refractivity contribution in [3.8, 4) is 0 Å². The van der Waals surface area contributed by atoms with Gasteiger partial charge in [0.1, 0.15) is 5.82 Å². The second-order valence-electron chi connectivity index (χ2n) is 8.58. The van der Waals surface area contributed by atoms with E-state index in [2.05, 4.69) is 10.3 Å². The molecule has 1 atom stereocenters. The molecular weight excluding hydrogens is 433 g/mol. The van der Waals surface area contributed by atoms with Gasteiger partial charge in [0.15, 0.2) is 0 Å². The average molecular weight is 462 g/mol. The van der Waals surface area contributed by atoms with Gasteiger partial charge in [-0.05, 0) is 80.8 Å². The van der Waals surface area contributed by atoms with Gasteiger partial charge in [-0.15, -0.1) is 0 Å². The van der Waals surface area contributed by atoms with E-state index < -0.39 is 0 Å². The molecule has 6 nitrogen and oxygen atoms in total. The molecule has 0 radical (unpaired) electrons. The lowest BCUT2D eigenvalue weighted by atomic mass is 10.0. The van der Waals surface area contributed by atoms with Crippen LogP contribution < -0.4 is 10.9 Å². The number of fused-ring (bicyclic) bond motifs is 1. The first kappa shape index (κ1) is 23.4. The van der Waals surface area contributed by atoms with Crippen molar-refractivity contribution in [2.24, 2.45) is 0 Å². The molecule has 34 heavy (non-hydrogen) atoms. The van der Waals surface area contributed by atoms with Crippen molar-refractivity contribution < 1.29 is 13.9 Å². The van der Waals surface area contributed by atoms with Crippen LogP contribution >= 0.6 is 0 Å². The highest BCUT2D eigenvalue weighted by Crippen LogP contribution is 2.27. The van der Waals surface area contributed by atoms with E-state index in [1.165, 1.54) is 12.1 Å². The Labute approximate surface area is 197 Å². The fourth-order valence-corrected chi connectivity index (χ4v) is 4.33. The van der Waals surface area contributed by atoms with Gasteiger partial charge in [0.05, 0.1) is 18.4 Å². The number of rotatable bonds is 7. The number of aryl methyl sites for hydroxylation is 2. The van der Waals surface area contributed by atoms with E-state index in [-0.39, 0.29) is 36.5 Å². The Morgan fingerprint density at radius 1 is 1.15 bits per heavy atom. The molecule has 0 bridgehead atoms. The molecule has 4 rings (SSSR count). The number of carbonyl (C=O) groups is 1. The summed E-state index contributed by atoms with van der Waals surface area (Å²) >= 11 is 0. The zero-order chi connectivity index (χ0) is 24.4. The lowest BCUT2D eigenvalue weighted by Crippen LogP contribution is -2.29. The molecule has 0 aliphatic heterocycles. The number of aromatic amines is 1. The molecule has 2 N–H and O–H groups in total. The Balaban J connectivity index is 1.60. The molecule has 1 amide bonds. The molecular formula is C27H28FN3O3. The minimum Gasteiger partial charge on any atom is -0.368 e. The molecule has 3 aromatic heterocycles. The number of ether oxygens (including phenoxy) is 1. The Hall–Kier alpha value is -3.71. The van der Waals surface area contributed by atoms with Crippen LogP contribution in [0.3, 0.4) is 0 Å². The standard InChI is InChI=1S/C27H28FN3O3/c1-16-11-17(2)30-27(33)24(16)14-29-26(32)23-13-22-9-6-10-31(22)25(18(23)3)19(4)34-15-20-7-5-8-21(28)12-20/h5-13,19H,14-15H2,1-4H3,(H,29,32)(H,30,33). The average Bonchev–Trinajstić information content (AvgIpc) is 3.24. The summed E-state index contributed by atoms with van der Waals surface area (Å²) in [5, 5.41) is 2.89. The quantitative estimate of drug-likeness (QED) is 0.411. The molecule has 0 spiro atoms. The zero-order valence-electron chi connectivity index (χ0n) is 19.7. The predicted octanol–water partition coefficient (Wildman–Crippen LogP) is 4.90. The maximum atomic E-state index is 13.5. The Kier molecular flexibility index (Phi) is 6.65. The summed E-state index contributed by atoms with van der Waals surface area (Å²) in [5.41, 5.74) is 5.69. The molecule has 176 valence electrons. The number of hydrogen-bond donors (Lipinski definition) is 2.